The van der Waals surface area contributed by atoms with E-state index in [1.54, 1.807) is 0 Å². The van der Waals surface area contributed by atoms with Crippen LogP contribution in [-0.4, -0.2) is 19.1 Å². The number of nitrogens with one attached hydrogen (secondary N) is 1. The van der Waals surface area contributed by atoms with Crippen molar-refractivity contribution in [3.05, 3.63) is 54.1 Å². The van der Waals surface area contributed by atoms with Gasteiger partial charge in [-0.25, -0.2) is 0 Å². The van der Waals surface area contributed by atoms with Crippen molar-refractivity contribution in [1.82, 2.24) is 0 Å². The second-order valence-corrected chi connectivity index (χ2v) is 5.16. The molecule has 1 aliphatic heterocycles. The highest BCUT2D eigenvalue weighted by molar-refractivity contribution is 5.92. The van der Waals surface area contributed by atoms with Crippen LogP contribution in [0.3, 0.4) is 0 Å². The molecule has 0 unspecified atom stereocenters. The molecule has 3 rings (SSSR count). The molecule has 0 bridgehead atoms. The molecule has 0 saturated carbocycles. The lowest BCUT2D eigenvalue weighted by atomic mass is 10.0. The quantitative estimate of drug-likeness (QED) is 0.941. The molecule has 1 fully saturated rings. The number of hydrogen-bond acceptors (Lipinski definition) is 4. The molecule has 0 spiro atoms. The summed E-state index contributed by atoms with van der Waals surface area (Å²) in [7, 11) is 0. The normalized spacial score (nSPS) is 14.4. The SMILES string of the molecule is N#CCC(=O)Nc1ccc(-c2ccc(C3OCCO3)cc2)cc1. The van der Waals surface area contributed by atoms with Crippen molar-refractivity contribution in [2.24, 2.45) is 0 Å². The van der Waals surface area contributed by atoms with E-state index < -0.39 is 0 Å². The van der Waals surface area contributed by atoms with Gasteiger partial charge in [-0.2, -0.15) is 5.26 Å². The number of carbonyl (C=O) groups excluding carboxylic acids is 1. The first-order valence-electron chi connectivity index (χ1n) is 7.37. The molecule has 0 radical (unpaired) electrons. The maximum Gasteiger partial charge on any atom is 0.238 e. The van der Waals surface area contributed by atoms with Crippen LogP contribution >= 0.6 is 0 Å². The molecule has 1 amide bonds. The molecular weight excluding hydrogens is 292 g/mol. The van der Waals surface area contributed by atoms with Crippen LogP contribution in [0.15, 0.2) is 48.5 Å². The van der Waals surface area contributed by atoms with Crippen LogP contribution < -0.4 is 5.32 Å². The number of rotatable bonds is 4. The van der Waals surface area contributed by atoms with E-state index >= 15 is 0 Å². The summed E-state index contributed by atoms with van der Waals surface area (Å²) in [5, 5.41) is 11.2. The van der Waals surface area contributed by atoms with Gasteiger partial charge in [-0.1, -0.05) is 36.4 Å². The molecule has 0 atom stereocenters. The first-order chi connectivity index (χ1) is 11.3. The highest BCUT2D eigenvalue weighted by atomic mass is 16.7. The second kappa shape index (κ2) is 7.05. The summed E-state index contributed by atoms with van der Waals surface area (Å²) >= 11 is 0. The van der Waals surface area contributed by atoms with Crippen molar-refractivity contribution in [2.75, 3.05) is 18.5 Å². The number of carbonyl (C=O) groups is 1. The van der Waals surface area contributed by atoms with Crippen LogP contribution in [0.2, 0.25) is 0 Å². The first kappa shape index (κ1) is 15.2. The summed E-state index contributed by atoms with van der Waals surface area (Å²) in [6.45, 7) is 1.26. The van der Waals surface area contributed by atoms with Gasteiger partial charge in [0.1, 0.15) is 6.42 Å². The molecule has 0 aliphatic carbocycles. The highest BCUT2D eigenvalue weighted by Gasteiger charge is 2.17. The van der Waals surface area contributed by atoms with Crippen LogP contribution in [-0.2, 0) is 14.3 Å². The van der Waals surface area contributed by atoms with E-state index in [1.807, 2.05) is 54.6 Å². The highest BCUT2D eigenvalue weighted by Crippen LogP contribution is 2.27. The molecular formula is C18H16N2O3. The summed E-state index contributed by atoms with van der Waals surface area (Å²) in [4.78, 5) is 11.4. The molecule has 1 aliphatic rings. The van der Waals surface area contributed by atoms with Gasteiger partial charge in [0.25, 0.3) is 0 Å². The Morgan fingerprint density at radius 1 is 1.04 bits per heavy atom. The minimum Gasteiger partial charge on any atom is -0.346 e. The largest absolute Gasteiger partial charge is 0.346 e. The fourth-order valence-corrected chi connectivity index (χ4v) is 2.41. The van der Waals surface area contributed by atoms with Crippen molar-refractivity contribution in [2.45, 2.75) is 12.7 Å². The number of ether oxygens (including phenoxy) is 2. The smallest absolute Gasteiger partial charge is 0.238 e. The van der Waals surface area contributed by atoms with Crippen molar-refractivity contribution in [3.63, 3.8) is 0 Å². The predicted octanol–water partition coefficient (Wildman–Crippen LogP) is 3.25. The van der Waals surface area contributed by atoms with E-state index in [2.05, 4.69) is 5.32 Å². The Morgan fingerprint density at radius 3 is 2.17 bits per heavy atom. The molecule has 23 heavy (non-hydrogen) atoms. The van der Waals surface area contributed by atoms with Gasteiger partial charge in [0.2, 0.25) is 5.91 Å². The van der Waals surface area contributed by atoms with Gasteiger partial charge in [-0.15, -0.1) is 0 Å². The zero-order chi connectivity index (χ0) is 16.1. The molecule has 2 aromatic rings. The number of hydrogen-bond donors (Lipinski definition) is 1. The summed E-state index contributed by atoms with van der Waals surface area (Å²) in [5.74, 6) is -0.304. The monoisotopic (exact) mass is 308 g/mol. The summed E-state index contributed by atoms with van der Waals surface area (Å²) < 4.78 is 10.9. The zero-order valence-electron chi connectivity index (χ0n) is 12.5. The van der Waals surface area contributed by atoms with Gasteiger partial charge in [0, 0.05) is 11.3 Å². The van der Waals surface area contributed by atoms with Gasteiger partial charge >= 0.3 is 0 Å². The number of nitriles is 1. The van der Waals surface area contributed by atoms with Crippen molar-refractivity contribution in [1.29, 1.82) is 5.26 Å². The third-order valence-electron chi connectivity index (χ3n) is 3.55. The third kappa shape index (κ3) is 3.75. The molecule has 1 saturated heterocycles. The van der Waals surface area contributed by atoms with E-state index in [-0.39, 0.29) is 18.6 Å². The van der Waals surface area contributed by atoms with Gasteiger partial charge in [-0.05, 0) is 23.3 Å². The van der Waals surface area contributed by atoms with E-state index in [0.717, 1.165) is 16.7 Å². The minimum atomic E-state index is -0.304. The second-order valence-electron chi connectivity index (χ2n) is 5.16. The van der Waals surface area contributed by atoms with Crippen molar-refractivity contribution < 1.29 is 14.3 Å². The Balaban J connectivity index is 1.69. The van der Waals surface area contributed by atoms with Gasteiger partial charge in [-0.3, -0.25) is 4.79 Å². The fraction of sp³-hybridized carbons (Fsp3) is 0.222. The Labute approximate surface area is 134 Å². The lowest BCUT2D eigenvalue weighted by Crippen LogP contribution is -2.09. The number of amides is 1. The summed E-state index contributed by atoms with van der Waals surface area (Å²) in [5.41, 5.74) is 3.80. The zero-order valence-corrected chi connectivity index (χ0v) is 12.5. The van der Waals surface area contributed by atoms with Crippen LogP contribution in [0.25, 0.3) is 11.1 Å². The molecule has 1 heterocycles. The summed E-state index contributed by atoms with van der Waals surface area (Å²) in [6.07, 6.45) is -0.407. The Morgan fingerprint density at radius 2 is 1.61 bits per heavy atom. The minimum absolute atomic E-state index is 0.144. The van der Waals surface area contributed by atoms with Crippen molar-refractivity contribution in [3.8, 4) is 17.2 Å². The number of nitrogens with zero attached hydrogens (tertiary/aromatic N) is 1. The van der Waals surface area contributed by atoms with Gasteiger partial charge < -0.3 is 14.8 Å². The molecule has 5 nitrogen and oxygen atoms in total. The molecule has 2 aromatic carbocycles. The van der Waals surface area contributed by atoms with Crippen LogP contribution in [0, 0.1) is 11.3 Å². The molecule has 116 valence electrons. The third-order valence-corrected chi connectivity index (χ3v) is 3.55. The lowest BCUT2D eigenvalue weighted by Gasteiger charge is -2.10. The van der Waals surface area contributed by atoms with Gasteiger partial charge in [0.05, 0.1) is 19.3 Å². The fourth-order valence-electron chi connectivity index (χ4n) is 2.41. The maximum absolute atomic E-state index is 11.4. The Bertz CT molecular complexity index is 711. The van der Waals surface area contributed by atoms with E-state index in [4.69, 9.17) is 14.7 Å². The standard InChI is InChI=1S/C18H16N2O3/c19-10-9-17(21)20-16-7-5-14(6-8-16)13-1-3-15(4-2-13)18-22-11-12-23-18/h1-8,18H,9,11-12H2,(H,20,21). The summed E-state index contributed by atoms with van der Waals surface area (Å²) in [6, 6.07) is 17.3. The van der Waals surface area contributed by atoms with Crippen LogP contribution in [0.1, 0.15) is 18.3 Å². The van der Waals surface area contributed by atoms with Crippen LogP contribution in [0.5, 0.6) is 0 Å². The van der Waals surface area contributed by atoms with Crippen LogP contribution in [0.4, 0.5) is 5.69 Å². The average Bonchev–Trinajstić information content (AvgIpc) is 3.10. The average molecular weight is 308 g/mol. The topological polar surface area (TPSA) is 71.4 Å². The maximum atomic E-state index is 11.4. The van der Waals surface area contributed by atoms with Gasteiger partial charge in [0.15, 0.2) is 6.29 Å². The predicted molar refractivity (Wildman–Crippen MR) is 85.4 cm³/mol. The first-order valence-corrected chi connectivity index (χ1v) is 7.37. The Hall–Kier alpha value is -2.68. The molecule has 0 aromatic heterocycles. The number of benzene rings is 2. The molecule has 1 N–H and O–H groups in total. The van der Waals surface area contributed by atoms with E-state index in [9.17, 15) is 4.79 Å². The lowest BCUT2D eigenvalue weighted by molar-refractivity contribution is -0.115. The van der Waals surface area contributed by atoms with E-state index in [1.165, 1.54) is 0 Å². The number of anilines is 1. The Kier molecular flexibility index (Phi) is 4.67. The van der Waals surface area contributed by atoms with Crippen molar-refractivity contribution >= 4 is 11.6 Å². The van der Waals surface area contributed by atoms with E-state index in [0.29, 0.717) is 18.9 Å². The molecule has 5 heteroatoms.